The Labute approximate surface area is 117 Å². The van der Waals surface area contributed by atoms with Crippen molar-refractivity contribution in [1.82, 2.24) is 0 Å². The minimum atomic E-state index is 0.220. The van der Waals surface area contributed by atoms with Gasteiger partial charge in [-0.3, -0.25) is 4.79 Å². The van der Waals surface area contributed by atoms with E-state index in [-0.39, 0.29) is 5.78 Å². The number of benzene rings is 1. The van der Waals surface area contributed by atoms with Crippen molar-refractivity contribution in [3.8, 4) is 5.75 Å². The molecule has 1 rings (SSSR count). The van der Waals surface area contributed by atoms with Crippen LogP contribution in [0, 0.1) is 0 Å². The highest BCUT2D eigenvalue weighted by Crippen LogP contribution is 2.29. The van der Waals surface area contributed by atoms with E-state index in [1.54, 1.807) is 0 Å². The molecule has 0 N–H and O–H groups in total. The van der Waals surface area contributed by atoms with E-state index in [4.69, 9.17) is 4.74 Å². The summed E-state index contributed by atoms with van der Waals surface area (Å²) in [5, 5.41) is 0. The van der Waals surface area contributed by atoms with Crippen LogP contribution in [-0.2, 0) is 12.8 Å². The average molecular weight is 262 g/mol. The summed E-state index contributed by atoms with van der Waals surface area (Å²) >= 11 is 0. The van der Waals surface area contributed by atoms with Gasteiger partial charge >= 0.3 is 0 Å². The van der Waals surface area contributed by atoms with E-state index in [1.165, 1.54) is 11.1 Å². The van der Waals surface area contributed by atoms with Gasteiger partial charge < -0.3 is 4.74 Å². The first kappa shape index (κ1) is 15.7. The molecule has 0 saturated heterocycles. The second-order valence-electron chi connectivity index (χ2n) is 4.83. The van der Waals surface area contributed by atoms with Crippen LogP contribution in [0.3, 0.4) is 0 Å². The van der Waals surface area contributed by atoms with Gasteiger partial charge in [0.05, 0.1) is 6.61 Å². The van der Waals surface area contributed by atoms with Crippen molar-refractivity contribution in [1.29, 1.82) is 0 Å². The average Bonchev–Trinajstić information content (AvgIpc) is 2.41. The Balaban J connectivity index is 3.29. The van der Waals surface area contributed by atoms with Crippen molar-refractivity contribution in [2.24, 2.45) is 0 Å². The third-order valence-corrected chi connectivity index (χ3v) is 3.21. The molecule has 0 fully saturated rings. The number of Topliss-reactive ketones (excluding diaryl/α,β-unsaturated/α-hetero) is 1. The lowest BCUT2D eigenvalue weighted by molar-refractivity contribution is 0.0988. The largest absolute Gasteiger partial charge is 0.493 e. The molecule has 1 aromatic carbocycles. The number of aryl methyl sites for hydroxylation is 2. The molecule has 2 heteroatoms. The second-order valence-corrected chi connectivity index (χ2v) is 4.83. The first-order valence-corrected chi connectivity index (χ1v) is 7.49. The van der Waals surface area contributed by atoms with Crippen LogP contribution in [0.2, 0.25) is 0 Å². The van der Waals surface area contributed by atoms with E-state index in [9.17, 15) is 4.79 Å². The van der Waals surface area contributed by atoms with E-state index >= 15 is 0 Å². The van der Waals surface area contributed by atoms with Crippen molar-refractivity contribution in [3.63, 3.8) is 0 Å². The fourth-order valence-electron chi connectivity index (χ4n) is 2.36. The number of ether oxygens (including phenoxy) is 1. The van der Waals surface area contributed by atoms with Crippen LogP contribution in [0.15, 0.2) is 12.1 Å². The molecule has 0 aliphatic heterocycles. The maximum Gasteiger partial charge on any atom is 0.162 e. The van der Waals surface area contributed by atoms with Gasteiger partial charge in [-0.1, -0.05) is 33.6 Å². The minimum absolute atomic E-state index is 0.220. The van der Waals surface area contributed by atoms with Crippen LogP contribution < -0.4 is 4.74 Å². The first-order valence-electron chi connectivity index (χ1n) is 7.49. The number of ketones is 1. The molecule has 0 heterocycles. The van der Waals surface area contributed by atoms with Gasteiger partial charge in [-0.05, 0) is 43.0 Å². The molecule has 1 aromatic rings. The van der Waals surface area contributed by atoms with Crippen LogP contribution in [0.4, 0.5) is 0 Å². The maximum absolute atomic E-state index is 12.0. The Morgan fingerprint density at radius 3 is 1.89 bits per heavy atom. The van der Waals surface area contributed by atoms with E-state index in [1.807, 2.05) is 26.0 Å². The summed E-state index contributed by atoms with van der Waals surface area (Å²) < 4.78 is 5.83. The molecule has 2 nitrogen and oxygen atoms in total. The predicted molar refractivity (Wildman–Crippen MR) is 80.2 cm³/mol. The normalized spacial score (nSPS) is 10.5. The van der Waals surface area contributed by atoms with Crippen molar-refractivity contribution in [2.45, 2.75) is 59.8 Å². The molecule has 19 heavy (non-hydrogen) atoms. The number of hydrogen-bond donors (Lipinski definition) is 0. The van der Waals surface area contributed by atoms with Crippen molar-refractivity contribution >= 4 is 5.78 Å². The molecule has 0 atom stereocenters. The Morgan fingerprint density at radius 2 is 1.53 bits per heavy atom. The highest BCUT2D eigenvalue weighted by atomic mass is 16.5. The van der Waals surface area contributed by atoms with Gasteiger partial charge in [0.15, 0.2) is 5.78 Å². The SMILES string of the molecule is CCCc1cc(C(=O)CC)cc(CCC)c1OCC. The predicted octanol–water partition coefficient (Wildman–Crippen LogP) is 4.58. The Bertz CT molecular complexity index is 394. The Morgan fingerprint density at radius 1 is 1.00 bits per heavy atom. The van der Waals surface area contributed by atoms with Gasteiger partial charge in [-0.25, -0.2) is 0 Å². The zero-order chi connectivity index (χ0) is 14.3. The van der Waals surface area contributed by atoms with Gasteiger partial charge in [0.1, 0.15) is 5.75 Å². The standard InChI is InChI=1S/C17H26O2/c1-5-9-13-11-15(16(18)7-3)12-14(10-6-2)17(13)19-8-4/h11-12H,5-10H2,1-4H3. The number of rotatable bonds is 8. The topological polar surface area (TPSA) is 26.3 Å². The van der Waals surface area contributed by atoms with Gasteiger partial charge in [0.2, 0.25) is 0 Å². The summed E-state index contributed by atoms with van der Waals surface area (Å²) in [6, 6.07) is 4.05. The Hall–Kier alpha value is -1.31. The Kier molecular flexibility index (Phi) is 6.61. The van der Waals surface area contributed by atoms with Gasteiger partial charge in [0.25, 0.3) is 0 Å². The summed E-state index contributed by atoms with van der Waals surface area (Å²) in [4.78, 5) is 12.0. The summed E-state index contributed by atoms with van der Waals surface area (Å²) in [5.74, 6) is 1.23. The molecule has 0 amide bonds. The molecule has 0 unspecified atom stereocenters. The molecular weight excluding hydrogens is 236 g/mol. The number of carbonyl (C=O) groups excluding carboxylic acids is 1. The zero-order valence-corrected chi connectivity index (χ0v) is 12.7. The van der Waals surface area contributed by atoms with Crippen LogP contribution in [-0.4, -0.2) is 12.4 Å². The van der Waals surface area contributed by atoms with E-state index in [2.05, 4.69) is 13.8 Å². The molecule has 0 aromatic heterocycles. The van der Waals surface area contributed by atoms with E-state index in [0.29, 0.717) is 13.0 Å². The fraction of sp³-hybridized carbons (Fsp3) is 0.588. The lowest BCUT2D eigenvalue weighted by Crippen LogP contribution is -2.06. The molecular formula is C17H26O2. The van der Waals surface area contributed by atoms with Gasteiger partial charge in [0, 0.05) is 12.0 Å². The third-order valence-electron chi connectivity index (χ3n) is 3.21. The first-order chi connectivity index (χ1) is 9.17. The molecule has 0 radical (unpaired) electrons. The zero-order valence-electron chi connectivity index (χ0n) is 12.7. The van der Waals surface area contributed by atoms with Crippen LogP contribution in [0.1, 0.15) is 68.4 Å². The van der Waals surface area contributed by atoms with Gasteiger partial charge in [-0.15, -0.1) is 0 Å². The fourth-order valence-corrected chi connectivity index (χ4v) is 2.36. The molecule has 0 bridgehead atoms. The number of carbonyl (C=O) groups is 1. The van der Waals surface area contributed by atoms with E-state index < -0.39 is 0 Å². The smallest absolute Gasteiger partial charge is 0.162 e. The highest BCUT2D eigenvalue weighted by molar-refractivity contribution is 5.96. The van der Waals surface area contributed by atoms with E-state index in [0.717, 1.165) is 37.0 Å². The maximum atomic E-state index is 12.0. The number of hydrogen-bond acceptors (Lipinski definition) is 2. The monoisotopic (exact) mass is 262 g/mol. The molecule has 0 saturated carbocycles. The summed E-state index contributed by atoms with van der Waals surface area (Å²) in [7, 11) is 0. The molecule has 0 aliphatic carbocycles. The lowest BCUT2D eigenvalue weighted by atomic mass is 9.96. The second kappa shape index (κ2) is 7.98. The van der Waals surface area contributed by atoms with Crippen LogP contribution in [0.25, 0.3) is 0 Å². The van der Waals surface area contributed by atoms with Crippen LogP contribution in [0.5, 0.6) is 5.75 Å². The molecule has 106 valence electrons. The van der Waals surface area contributed by atoms with Crippen LogP contribution >= 0.6 is 0 Å². The van der Waals surface area contributed by atoms with Crippen molar-refractivity contribution in [2.75, 3.05) is 6.61 Å². The van der Waals surface area contributed by atoms with Crippen molar-refractivity contribution < 1.29 is 9.53 Å². The summed E-state index contributed by atoms with van der Waals surface area (Å²) in [5.41, 5.74) is 3.22. The third kappa shape index (κ3) is 4.09. The summed E-state index contributed by atoms with van der Waals surface area (Å²) in [6.45, 7) is 8.91. The minimum Gasteiger partial charge on any atom is -0.493 e. The van der Waals surface area contributed by atoms with Crippen molar-refractivity contribution in [3.05, 3.63) is 28.8 Å². The molecule has 0 aliphatic rings. The molecule has 0 spiro atoms. The van der Waals surface area contributed by atoms with Gasteiger partial charge in [-0.2, -0.15) is 0 Å². The quantitative estimate of drug-likeness (QED) is 0.641. The summed E-state index contributed by atoms with van der Waals surface area (Å²) in [6.07, 6.45) is 4.63. The highest BCUT2D eigenvalue weighted by Gasteiger charge is 2.14. The lowest BCUT2D eigenvalue weighted by Gasteiger charge is -2.16.